The summed E-state index contributed by atoms with van der Waals surface area (Å²) in [5.41, 5.74) is 5.37. The van der Waals surface area contributed by atoms with Crippen LogP contribution in [0.5, 0.6) is 0 Å². The third-order valence-corrected chi connectivity index (χ3v) is 4.97. The van der Waals surface area contributed by atoms with Gasteiger partial charge in [-0.05, 0) is 18.1 Å². The smallest absolute Gasteiger partial charge is 1.00 e. The summed E-state index contributed by atoms with van der Waals surface area (Å²) in [5.74, 6) is 0. The van der Waals surface area contributed by atoms with E-state index in [9.17, 15) is 0 Å². The molecule has 1 aliphatic rings. The van der Waals surface area contributed by atoms with Gasteiger partial charge in [0, 0.05) is 5.41 Å². The number of unbranched alkanes of at least 4 members (excludes halogenated alkanes) is 1. The zero-order valence-corrected chi connectivity index (χ0v) is 19.6. The topological polar surface area (TPSA) is 0 Å². The van der Waals surface area contributed by atoms with Crippen LogP contribution in [-0.2, 0) is 27.1 Å². The van der Waals surface area contributed by atoms with Crippen molar-refractivity contribution < 1.29 is 58.9 Å². The molecule has 0 saturated heterocycles. The zero-order valence-electron chi connectivity index (χ0n) is 15.8. The number of rotatable bonds is 6. The molecule has 0 fully saturated rings. The van der Waals surface area contributed by atoms with E-state index >= 15 is 0 Å². The van der Waals surface area contributed by atoms with Crippen molar-refractivity contribution in [1.82, 2.24) is 0 Å². The van der Waals surface area contributed by atoms with Crippen molar-refractivity contribution in [2.45, 2.75) is 44.9 Å². The van der Waals surface area contributed by atoms with Crippen LogP contribution in [0, 0.1) is 6.08 Å². The van der Waals surface area contributed by atoms with Gasteiger partial charge in [-0.25, -0.2) is 17.7 Å². The van der Waals surface area contributed by atoms with Gasteiger partial charge < -0.3 is 37.2 Å². The molecule has 142 valence electrons. The number of halogens is 3. The summed E-state index contributed by atoms with van der Waals surface area (Å²) in [6.07, 6.45) is 10.8. The third kappa shape index (κ3) is 6.52. The van der Waals surface area contributed by atoms with Crippen molar-refractivity contribution in [2.75, 3.05) is 0 Å². The fraction of sp³-hybridized carbons (Fsp3) is 0.304. The Morgan fingerprint density at radius 1 is 0.852 bits per heavy atom. The van der Waals surface area contributed by atoms with Crippen LogP contribution in [0.4, 0.5) is 0 Å². The fourth-order valence-corrected chi connectivity index (χ4v) is 3.44. The van der Waals surface area contributed by atoms with Gasteiger partial charge in [0.25, 0.3) is 0 Å². The van der Waals surface area contributed by atoms with Gasteiger partial charge >= 0.3 is 21.7 Å². The van der Waals surface area contributed by atoms with Crippen molar-refractivity contribution in [2.24, 2.45) is 0 Å². The van der Waals surface area contributed by atoms with Crippen LogP contribution in [0.1, 0.15) is 50.7 Å². The first kappa shape index (κ1) is 28.7. The summed E-state index contributed by atoms with van der Waals surface area (Å²) in [4.78, 5) is 0. The normalized spacial score (nSPS) is 12.4. The Kier molecular flexibility index (Phi) is 14.5. The summed E-state index contributed by atoms with van der Waals surface area (Å²) in [7, 11) is 0. The molecule has 1 aliphatic carbocycles. The van der Waals surface area contributed by atoms with E-state index < -0.39 is 0 Å². The second kappa shape index (κ2) is 13.6. The maximum absolute atomic E-state index is 3.74. The largest absolute Gasteiger partial charge is 4.00 e. The molecule has 0 atom stereocenters. The molecule has 27 heavy (non-hydrogen) atoms. The number of benzene rings is 2. The molecular weight excluding hydrogens is 430 g/mol. The summed E-state index contributed by atoms with van der Waals surface area (Å²) in [6.45, 7) is 4.59. The van der Waals surface area contributed by atoms with E-state index in [1.54, 1.807) is 0 Å². The van der Waals surface area contributed by atoms with Crippen LogP contribution in [-0.4, -0.2) is 0 Å². The fourth-order valence-electron chi connectivity index (χ4n) is 3.44. The first-order valence-corrected chi connectivity index (χ1v) is 8.68. The van der Waals surface area contributed by atoms with Crippen LogP contribution < -0.4 is 37.2 Å². The first-order chi connectivity index (χ1) is 11.2. The van der Waals surface area contributed by atoms with Crippen LogP contribution in [0.3, 0.4) is 0 Å². The van der Waals surface area contributed by atoms with Gasteiger partial charge in [-0.2, -0.15) is 5.57 Å². The Morgan fingerprint density at radius 2 is 1.33 bits per heavy atom. The SMILES string of the molecule is CCCCC1=CCC(C(C)(c2ccccc2)c2ccccc2)=[C-]1.[Cl-].[Cl-].[Cl-].[Ti+4]. The standard InChI is InChI=1S/C23H25.3ClH.Ti/c1-3-4-11-19-16-17-22(18-19)23(2,20-12-7-5-8-13-20)21-14-9-6-10-15-21;;;;/h5-10,12-16H,3-4,11,17H2,1-2H3;3*1H;/q-1;;;;+4/p-3. The maximum Gasteiger partial charge on any atom is 4.00 e. The molecule has 0 aliphatic heterocycles. The predicted octanol–water partition coefficient (Wildman–Crippen LogP) is -2.75. The van der Waals surface area contributed by atoms with Crippen molar-refractivity contribution >= 4 is 0 Å². The minimum absolute atomic E-state index is 0. The number of allylic oxidation sites excluding steroid dienone is 4. The Morgan fingerprint density at radius 3 is 1.78 bits per heavy atom. The molecule has 3 rings (SSSR count). The summed E-state index contributed by atoms with van der Waals surface area (Å²) < 4.78 is 0. The van der Waals surface area contributed by atoms with E-state index in [4.69, 9.17) is 0 Å². The average molecular weight is 456 g/mol. The molecule has 0 unspecified atom stereocenters. The molecule has 0 amide bonds. The van der Waals surface area contributed by atoms with E-state index in [1.165, 1.54) is 35.1 Å². The Labute approximate surface area is 198 Å². The number of hydrogen-bond donors (Lipinski definition) is 0. The monoisotopic (exact) mass is 454 g/mol. The molecule has 0 N–H and O–H groups in total. The van der Waals surface area contributed by atoms with Crippen LogP contribution >= 0.6 is 0 Å². The Bertz CT molecular complexity index is 669. The molecule has 0 bridgehead atoms. The average Bonchev–Trinajstić information content (AvgIpc) is 3.10. The summed E-state index contributed by atoms with van der Waals surface area (Å²) in [5, 5.41) is 0. The van der Waals surface area contributed by atoms with Gasteiger partial charge in [-0.15, -0.1) is 0 Å². The van der Waals surface area contributed by atoms with Crippen molar-refractivity contribution in [3.05, 3.63) is 95.1 Å². The van der Waals surface area contributed by atoms with E-state index in [-0.39, 0.29) is 64.4 Å². The second-order valence-electron chi connectivity index (χ2n) is 6.50. The van der Waals surface area contributed by atoms with E-state index in [2.05, 4.69) is 86.7 Å². The minimum atomic E-state index is -0.104. The Balaban J connectivity index is 0. The van der Waals surface area contributed by atoms with E-state index in [1.807, 2.05) is 0 Å². The maximum atomic E-state index is 3.74. The molecule has 0 nitrogen and oxygen atoms in total. The van der Waals surface area contributed by atoms with Gasteiger partial charge in [0.1, 0.15) is 0 Å². The van der Waals surface area contributed by atoms with Crippen molar-refractivity contribution in [3.8, 4) is 0 Å². The zero-order chi connectivity index (χ0) is 16.1. The van der Waals surface area contributed by atoms with Gasteiger partial charge in [-0.3, -0.25) is 0 Å². The van der Waals surface area contributed by atoms with Crippen LogP contribution in [0.15, 0.2) is 77.9 Å². The summed E-state index contributed by atoms with van der Waals surface area (Å²) in [6, 6.07) is 21.7. The first-order valence-electron chi connectivity index (χ1n) is 8.68. The summed E-state index contributed by atoms with van der Waals surface area (Å²) >= 11 is 0. The molecule has 0 saturated carbocycles. The molecule has 0 spiro atoms. The quantitative estimate of drug-likeness (QED) is 0.327. The van der Waals surface area contributed by atoms with Crippen molar-refractivity contribution in [3.63, 3.8) is 0 Å². The van der Waals surface area contributed by atoms with E-state index in [0.717, 1.165) is 12.8 Å². The predicted molar refractivity (Wildman–Crippen MR) is 98.3 cm³/mol. The van der Waals surface area contributed by atoms with Crippen LogP contribution in [0.25, 0.3) is 0 Å². The molecule has 2 aromatic rings. The minimum Gasteiger partial charge on any atom is -1.00 e. The molecule has 2 aromatic carbocycles. The molecule has 0 aromatic heterocycles. The Hall–Kier alpha value is -0.496. The van der Waals surface area contributed by atoms with Gasteiger partial charge in [0.05, 0.1) is 0 Å². The second-order valence-corrected chi connectivity index (χ2v) is 6.50. The molecular formula is C23H25Cl3Ti. The van der Waals surface area contributed by atoms with Crippen LogP contribution in [0.2, 0.25) is 0 Å². The van der Waals surface area contributed by atoms with Gasteiger partial charge in [-0.1, -0.05) is 93.3 Å². The number of hydrogen-bond acceptors (Lipinski definition) is 0. The van der Waals surface area contributed by atoms with Crippen molar-refractivity contribution in [1.29, 1.82) is 0 Å². The molecule has 0 heterocycles. The molecule has 4 heteroatoms. The van der Waals surface area contributed by atoms with E-state index in [0.29, 0.717) is 0 Å². The third-order valence-electron chi connectivity index (χ3n) is 4.97. The van der Waals surface area contributed by atoms with Gasteiger partial charge in [0.2, 0.25) is 0 Å². The molecule has 0 radical (unpaired) electrons. The van der Waals surface area contributed by atoms with Gasteiger partial charge in [0.15, 0.2) is 0 Å².